The van der Waals surface area contributed by atoms with Crippen LogP contribution in [-0.2, 0) is 9.53 Å². The number of thioether (sulfide) groups is 1. The van der Waals surface area contributed by atoms with Crippen molar-refractivity contribution in [3.63, 3.8) is 0 Å². The molecular weight excluding hydrogens is 276 g/mol. The molecule has 0 radical (unpaired) electrons. The quantitative estimate of drug-likeness (QED) is 0.668. The summed E-state index contributed by atoms with van der Waals surface area (Å²) in [4.78, 5) is 12.6. The number of benzene rings is 1. The van der Waals surface area contributed by atoms with Crippen LogP contribution in [-0.4, -0.2) is 29.5 Å². The van der Waals surface area contributed by atoms with E-state index < -0.39 is 11.7 Å². The van der Waals surface area contributed by atoms with Crippen molar-refractivity contribution in [2.45, 2.75) is 44.3 Å². The van der Waals surface area contributed by atoms with Crippen LogP contribution < -0.4 is 4.74 Å². The second kappa shape index (κ2) is 6.99. The number of methoxy groups -OCH3 is 1. The first kappa shape index (κ1) is 16.9. The van der Waals surface area contributed by atoms with E-state index in [1.165, 1.54) is 11.8 Å². The van der Waals surface area contributed by atoms with Gasteiger partial charge in [0.15, 0.2) is 0 Å². The van der Waals surface area contributed by atoms with Crippen molar-refractivity contribution in [2.75, 3.05) is 12.9 Å². The van der Waals surface area contributed by atoms with E-state index >= 15 is 0 Å². The van der Waals surface area contributed by atoms with Crippen LogP contribution in [0.3, 0.4) is 0 Å². The van der Waals surface area contributed by atoms with Crippen LogP contribution in [0.4, 0.5) is 0 Å². The molecular formula is C15H22O4S. The number of rotatable bonds is 5. The van der Waals surface area contributed by atoms with Gasteiger partial charge in [0.2, 0.25) is 0 Å². The summed E-state index contributed by atoms with van der Waals surface area (Å²) in [6.45, 7) is 7.18. The lowest BCUT2D eigenvalue weighted by atomic mass is 10.1. The zero-order valence-corrected chi connectivity index (χ0v) is 13.4. The fraction of sp³-hybridized carbons (Fsp3) is 0.533. The molecule has 20 heavy (non-hydrogen) atoms. The minimum Gasteiger partial charge on any atom is -0.496 e. The summed E-state index contributed by atoms with van der Waals surface area (Å²) in [5.41, 5.74) is 0.211. The average Bonchev–Trinajstić information content (AvgIpc) is 2.33. The topological polar surface area (TPSA) is 55.8 Å². The number of aliphatic hydroxyl groups excluding tert-OH is 1. The lowest BCUT2D eigenvalue weighted by molar-refractivity contribution is -0.151. The molecule has 1 atom stereocenters. The third-order valence-electron chi connectivity index (χ3n) is 2.43. The molecule has 0 saturated carbocycles. The molecule has 0 aliphatic carbocycles. The molecule has 5 heteroatoms. The van der Waals surface area contributed by atoms with Crippen molar-refractivity contribution >= 4 is 17.7 Å². The van der Waals surface area contributed by atoms with Gasteiger partial charge in [-0.2, -0.15) is 0 Å². The summed E-state index contributed by atoms with van der Waals surface area (Å²) < 4.78 is 10.5. The van der Waals surface area contributed by atoms with Gasteiger partial charge >= 0.3 is 5.97 Å². The second-order valence-corrected chi connectivity index (χ2v) is 6.44. The second-order valence-electron chi connectivity index (χ2n) is 5.42. The molecule has 0 aliphatic rings. The van der Waals surface area contributed by atoms with E-state index in [0.717, 1.165) is 4.90 Å². The molecule has 1 aromatic rings. The monoisotopic (exact) mass is 298 g/mol. The van der Waals surface area contributed by atoms with Crippen LogP contribution in [0.15, 0.2) is 23.1 Å². The minimum absolute atomic E-state index is 0.199. The van der Waals surface area contributed by atoms with Crippen LogP contribution >= 0.6 is 11.8 Å². The van der Waals surface area contributed by atoms with Gasteiger partial charge in [0.1, 0.15) is 11.4 Å². The van der Waals surface area contributed by atoms with Gasteiger partial charge in [-0.05, 0) is 39.8 Å². The van der Waals surface area contributed by atoms with Crippen LogP contribution in [0, 0.1) is 0 Å². The smallest absolute Gasteiger partial charge is 0.316 e. The molecule has 0 heterocycles. The van der Waals surface area contributed by atoms with E-state index in [4.69, 9.17) is 9.47 Å². The van der Waals surface area contributed by atoms with Gasteiger partial charge < -0.3 is 14.6 Å². The van der Waals surface area contributed by atoms with Gasteiger partial charge in [-0.1, -0.05) is 6.07 Å². The maximum atomic E-state index is 11.7. The zero-order chi connectivity index (χ0) is 15.3. The highest BCUT2D eigenvalue weighted by Crippen LogP contribution is 2.34. The Morgan fingerprint density at radius 2 is 2.05 bits per heavy atom. The number of aliphatic hydroxyl groups is 1. The Morgan fingerprint density at radius 3 is 2.55 bits per heavy atom. The summed E-state index contributed by atoms with van der Waals surface area (Å²) in [6, 6.07) is 5.49. The molecule has 1 N–H and O–H groups in total. The lowest BCUT2D eigenvalue weighted by Gasteiger charge is -2.20. The summed E-state index contributed by atoms with van der Waals surface area (Å²) in [7, 11) is 1.56. The van der Waals surface area contributed by atoms with Crippen molar-refractivity contribution < 1.29 is 19.4 Å². The Labute approximate surface area is 124 Å². The van der Waals surface area contributed by atoms with E-state index in [1.54, 1.807) is 20.1 Å². The minimum atomic E-state index is -0.660. The molecule has 0 bridgehead atoms. The first-order valence-electron chi connectivity index (χ1n) is 6.44. The van der Waals surface area contributed by atoms with Crippen LogP contribution in [0.25, 0.3) is 0 Å². The first-order chi connectivity index (χ1) is 9.24. The number of esters is 1. The highest BCUT2D eigenvalue weighted by molar-refractivity contribution is 8.00. The number of carbonyl (C=O) groups is 1. The predicted octanol–water partition coefficient (Wildman–Crippen LogP) is 3.18. The number of hydrogen-bond donors (Lipinski definition) is 1. The van der Waals surface area contributed by atoms with Crippen LogP contribution in [0.2, 0.25) is 0 Å². The molecule has 1 aromatic carbocycles. The summed E-state index contributed by atoms with van der Waals surface area (Å²) in [5, 5.41) is 9.86. The third kappa shape index (κ3) is 5.06. The molecule has 0 amide bonds. The van der Waals surface area contributed by atoms with Crippen molar-refractivity contribution in [1.29, 1.82) is 0 Å². The molecule has 0 spiro atoms. The SMILES string of the molecule is COc1cccc(SCC(=O)OC(C)(C)C)c1[C@@H](C)O. The molecule has 4 nitrogen and oxygen atoms in total. The van der Waals surface area contributed by atoms with Gasteiger partial charge in [0.25, 0.3) is 0 Å². The average molecular weight is 298 g/mol. The Morgan fingerprint density at radius 1 is 1.40 bits per heavy atom. The predicted molar refractivity (Wildman–Crippen MR) is 80.2 cm³/mol. The third-order valence-corrected chi connectivity index (χ3v) is 3.48. The lowest BCUT2D eigenvalue weighted by Crippen LogP contribution is -2.24. The van der Waals surface area contributed by atoms with E-state index in [2.05, 4.69) is 0 Å². The van der Waals surface area contributed by atoms with E-state index in [1.807, 2.05) is 32.9 Å². The van der Waals surface area contributed by atoms with Crippen molar-refractivity contribution in [2.24, 2.45) is 0 Å². The van der Waals surface area contributed by atoms with Crippen molar-refractivity contribution in [1.82, 2.24) is 0 Å². The molecule has 0 aliphatic heterocycles. The van der Waals surface area contributed by atoms with Gasteiger partial charge in [-0.25, -0.2) is 0 Å². The summed E-state index contributed by atoms with van der Waals surface area (Å²) in [6.07, 6.45) is -0.660. The summed E-state index contributed by atoms with van der Waals surface area (Å²) in [5.74, 6) is 0.542. The van der Waals surface area contributed by atoms with Crippen molar-refractivity contribution in [3.05, 3.63) is 23.8 Å². The maximum Gasteiger partial charge on any atom is 0.316 e. The fourth-order valence-corrected chi connectivity index (χ4v) is 2.68. The molecule has 0 fully saturated rings. The van der Waals surface area contributed by atoms with Crippen molar-refractivity contribution in [3.8, 4) is 5.75 Å². The summed E-state index contributed by atoms with van der Waals surface area (Å²) >= 11 is 1.34. The molecule has 112 valence electrons. The zero-order valence-electron chi connectivity index (χ0n) is 12.6. The standard InChI is InChI=1S/C15H22O4S/c1-10(16)14-11(18-5)7-6-8-12(14)20-9-13(17)19-15(2,3)4/h6-8,10,16H,9H2,1-5H3/t10-/m1/s1. The highest BCUT2D eigenvalue weighted by Gasteiger charge is 2.19. The van der Waals surface area contributed by atoms with Gasteiger partial charge in [-0.3, -0.25) is 4.79 Å². The number of ether oxygens (including phenoxy) is 2. The highest BCUT2D eigenvalue weighted by atomic mass is 32.2. The first-order valence-corrected chi connectivity index (χ1v) is 7.42. The maximum absolute atomic E-state index is 11.7. The van der Waals surface area contributed by atoms with Gasteiger partial charge in [0, 0.05) is 10.5 Å². The molecule has 0 aromatic heterocycles. The van der Waals surface area contributed by atoms with Crippen LogP contribution in [0.1, 0.15) is 39.4 Å². The Kier molecular flexibility index (Phi) is 5.89. The van der Waals surface area contributed by atoms with Crippen LogP contribution in [0.5, 0.6) is 5.75 Å². The number of carbonyl (C=O) groups excluding carboxylic acids is 1. The Bertz CT molecular complexity index is 463. The molecule has 0 saturated heterocycles. The van der Waals surface area contributed by atoms with E-state index in [0.29, 0.717) is 11.3 Å². The number of hydrogen-bond acceptors (Lipinski definition) is 5. The normalized spacial score (nSPS) is 12.9. The van der Waals surface area contributed by atoms with E-state index in [-0.39, 0.29) is 11.7 Å². The Hall–Kier alpha value is -1.20. The van der Waals surface area contributed by atoms with Gasteiger partial charge in [-0.15, -0.1) is 11.8 Å². The van der Waals surface area contributed by atoms with Gasteiger partial charge in [0.05, 0.1) is 19.0 Å². The van der Waals surface area contributed by atoms with E-state index in [9.17, 15) is 9.90 Å². The molecule has 0 unspecified atom stereocenters. The largest absolute Gasteiger partial charge is 0.496 e. The fourth-order valence-electron chi connectivity index (χ4n) is 1.75. The Balaban J connectivity index is 2.80. The molecule has 1 rings (SSSR count).